The molecule has 1 amide bonds. The summed E-state index contributed by atoms with van der Waals surface area (Å²) in [5.41, 5.74) is 1.91. The van der Waals surface area contributed by atoms with Crippen LogP contribution in [0.2, 0.25) is 0 Å². The van der Waals surface area contributed by atoms with Gasteiger partial charge in [0.1, 0.15) is 10.4 Å². The SMILES string of the molecule is Cc1ncsc1C(=O)Nc1cccc(C(=O)O)c1O. The molecule has 0 saturated carbocycles. The van der Waals surface area contributed by atoms with E-state index in [1.807, 2.05) is 0 Å². The Hall–Kier alpha value is -2.41. The van der Waals surface area contributed by atoms with Gasteiger partial charge in [0.05, 0.1) is 16.9 Å². The lowest BCUT2D eigenvalue weighted by Gasteiger charge is -2.08. The number of aromatic hydroxyl groups is 1. The second-order valence-corrected chi connectivity index (χ2v) is 4.58. The first-order valence-electron chi connectivity index (χ1n) is 5.27. The first-order valence-corrected chi connectivity index (χ1v) is 6.15. The van der Waals surface area contributed by atoms with Crippen molar-refractivity contribution in [3.63, 3.8) is 0 Å². The van der Waals surface area contributed by atoms with Gasteiger partial charge in [-0.3, -0.25) is 4.79 Å². The molecule has 0 fully saturated rings. The lowest BCUT2D eigenvalue weighted by molar-refractivity contribution is 0.0693. The van der Waals surface area contributed by atoms with Crippen molar-refractivity contribution in [1.82, 2.24) is 4.98 Å². The highest BCUT2D eigenvalue weighted by Crippen LogP contribution is 2.28. The molecule has 1 heterocycles. The van der Waals surface area contributed by atoms with Gasteiger partial charge in [-0.15, -0.1) is 11.3 Å². The smallest absolute Gasteiger partial charge is 0.339 e. The Labute approximate surface area is 112 Å². The highest BCUT2D eigenvalue weighted by Gasteiger charge is 2.17. The molecule has 0 unspecified atom stereocenters. The fraction of sp³-hybridized carbons (Fsp3) is 0.0833. The number of carboxylic acids is 1. The van der Waals surface area contributed by atoms with Crippen molar-refractivity contribution in [3.05, 3.63) is 39.8 Å². The second kappa shape index (κ2) is 5.07. The highest BCUT2D eigenvalue weighted by atomic mass is 32.1. The number of rotatable bonds is 3. The number of anilines is 1. The molecule has 0 saturated heterocycles. The van der Waals surface area contributed by atoms with Crippen molar-refractivity contribution in [3.8, 4) is 5.75 Å². The molecule has 0 aliphatic carbocycles. The number of carbonyl (C=O) groups is 2. The Balaban J connectivity index is 2.30. The third-order valence-electron chi connectivity index (χ3n) is 2.47. The summed E-state index contributed by atoms with van der Waals surface area (Å²) in [7, 11) is 0. The summed E-state index contributed by atoms with van der Waals surface area (Å²) in [5, 5.41) is 21.1. The van der Waals surface area contributed by atoms with Gasteiger partial charge in [0.25, 0.3) is 5.91 Å². The molecule has 0 spiro atoms. The average molecular weight is 278 g/mol. The zero-order valence-electron chi connectivity index (χ0n) is 9.88. The Morgan fingerprint density at radius 1 is 1.37 bits per heavy atom. The largest absolute Gasteiger partial charge is 0.505 e. The van der Waals surface area contributed by atoms with Gasteiger partial charge in [-0.05, 0) is 19.1 Å². The van der Waals surface area contributed by atoms with Crippen LogP contribution in [0.4, 0.5) is 5.69 Å². The van der Waals surface area contributed by atoms with E-state index in [4.69, 9.17) is 5.11 Å². The number of aromatic nitrogens is 1. The average Bonchev–Trinajstić information content (AvgIpc) is 2.77. The molecule has 0 radical (unpaired) electrons. The monoisotopic (exact) mass is 278 g/mol. The number of thiazole rings is 1. The Morgan fingerprint density at radius 2 is 2.11 bits per heavy atom. The number of carboxylic acid groups (broad SMARTS) is 1. The molecule has 1 aromatic heterocycles. The summed E-state index contributed by atoms with van der Waals surface area (Å²) in [4.78, 5) is 27.2. The van der Waals surface area contributed by atoms with Crippen molar-refractivity contribution in [2.24, 2.45) is 0 Å². The van der Waals surface area contributed by atoms with Gasteiger partial charge in [0.15, 0.2) is 5.75 Å². The van der Waals surface area contributed by atoms with Gasteiger partial charge in [-0.25, -0.2) is 9.78 Å². The summed E-state index contributed by atoms with van der Waals surface area (Å²) >= 11 is 1.17. The summed E-state index contributed by atoms with van der Waals surface area (Å²) in [6, 6.07) is 4.12. The van der Waals surface area contributed by atoms with Gasteiger partial charge in [-0.1, -0.05) is 6.07 Å². The van der Waals surface area contributed by atoms with Crippen LogP contribution in [0, 0.1) is 6.92 Å². The number of hydrogen-bond donors (Lipinski definition) is 3. The van der Waals surface area contributed by atoms with Crippen LogP contribution in [-0.4, -0.2) is 27.1 Å². The van der Waals surface area contributed by atoms with Gasteiger partial charge < -0.3 is 15.5 Å². The van der Waals surface area contributed by atoms with E-state index >= 15 is 0 Å². The number of hydrogen-bond acceptors (Lipinski definition) is 5. The van der Waals surface area contributed by atoms with Gasteiger partial charge in [0.2, 0.25) is 0 Å². The van der Waals surface area contributed by atoms with Crippen molar-refractivity contribution < 1.29 is 19.8 Å². The van der Waals surface area contributed by atoms with Crippen LogP contribution in [0.25, 0.3) is 0 Å². The maximum Gasteiger partial charge on any atom is 0.339 e. The molecule has 0 atom stereocenters. The molecular weight excluding hydrogens is 268 g/mol. The second-order valence-electron chi connectivity index (χ2n) is 3.73. The van der Waals surface area contributed by atoms with Crippen LogP contribution in [0.15, 0.2) is 23.7 Å². The number of aromatic carboxylic acids is 1. The number of nitrogens with one attached hydrogen (secondary N) is 1. The standard InChI is InChI=1S/C12H10N2O4S/c1-6-10(19-5-13-6)11(16)14-8-4-2-3-7(9(8)15)12(17)18/h2-5,15H,1H3,(H,14,16)(H,17,18). The van der Waals surface area contributed by atoms with E-state index in [1.165, 1.54) is 35.0 Å². The predicted molar refractivity (Wildman–Crippen MR) is 69.9 cm³/mol. The van der Waals surface area contributed by atoms with E-state index in [1.54, 1.807) is 6.92 Å². The lowest BCUT2D eigenvalue weighted by Crippen LogP contribution is -2.12. The molecule has 2 rings (SSSR count). The molecule has 7 heteroatoms. The van der Waals surface area contributed by atoms with Gasteiger partial charge in [-0.2, -0.15) is 0 Å². The zero-order chi connectivity index (χ0) is 14.0. The van der Waals surface area contributed by atoms with E-state index in [-0.39, 0.29) is 11.3 Å². The summed E-state index contributed by atoms with van der Waals surface area (Å²) < 4.78 is 0. The van der Waals surface area contributed by atoms with Crippen LogP contribution < -0.4 is 5.32 Å². The zero-order valence-corrected chi connectivity index (χ0v) is 10.7. The lowest BCUT2D eigenvalue weighted by atomic mass is 10.1. The summed E-state index contributed by atoms with van der Waals surface area (Å²) in [6.07, 6.45) is 0. The minimum atomic E-state index is -1.26. The van der Waals surface area contributed by atoms with Crippen LogP contribution in [-0.2, 0) is 0 Å². The normalized spacial score (nSPS) is 10.2. The fourth-order valence-corrected chi connectivity index (χ4v) is 2.21. The number of benzene rings is 1. The van der Waals surface area contributed by atoms with Gasteiger partial charge in [0, 0.05) is 0 Å². The third-order valence-corrected chi connectivity index (χ3v) is 3.39. The number of phenols is 1. The molecule has 0 aliphatic heterocycles. The van der Waals surface area contributed by atoms with E-state index < -0.39 is 17.6 Å². The fourth-order valence-electron chi connectivity index (χ4n) is 1.52. The minimum Gasteiger partial charge on any atom is -0.505 e. The van der Waals surface area contributed by atoms with Crippen molar-refractivity contribution in [2.45, 2.75) is 6.92 Å². The van der Waals surface area contributed by atoms with Crippen molar-refractivity contribution in [1.29, 1.82) is 0 Å². The molecular formula is C12H10N2O4S. The van der Waals surface area contributed by atoms with Crippen molar-refractivity contribution >= 4 is 28.9 Å². The topological polar surface area (TPSA) is 99.5 Å². The predicted octanol–water partition coefficient (Wildman–Crippen LogP) is 2.11. The summed E-state index contributed by atoms with van der Waals surface area (Å²) in [6.45, 7) is 1.69. The highest BCUT2D eigenvalue weighted by molar-refractivity contribution is 7.12. The first-order chi connectivity index (χ1) is 9.00. The Morgan fingerprint density at radius 3 is 2.68 bits per heavy atom. The molecule has 3 N–H and O–H groups in total. The van der Waals surface area contributed by atoms with Crippen LogP contribution in [0.5, 0.6) is 5.75 Å². The number of carbonyl (C=O) groups excluding carboxylic acids is 1. The number of aryl methyl sites for hydroxylation is 1. The molecule has 6 nitrogen and oxygen atoms in total. The molecule has 98 valence electrons. The molecule has 2 aromatic rings. The Kier molecular flexibility index (Phi) is 3.48. The summed E-state index contributed by atoms with van der Waals surface area (Å²) in [5.74, 6) is -2.16. The van der Waals surface area contributed by atoms with Crippen LogP contribution in [0.3, 0.4) is 0 Å². The first kappa shape index (κ1) is 13.0. The van der Waals surface area contributed by atoms with E-state index in [2.05, 4.69) is 10.3 Å². The molecule has 0 aliphatic rings. The number of para-hydroxylation sites is 1. The van der Waals surface area contributed by atoms with Crippen LogP contribution >= 0.6 is 11.3 Å². The van der Waals surface area contributed by atoms with Crippen molar-refractivity contribution in [2.75, 3.05) is 5.32 Å². The molecule has 0 bridgehead atoms. The number of nitrogens with zero attached hydrogens (tertiary/aromatic N) is 1. The third kappa shape index (κ3) is 2.55. The molecule has 19 heavy (non-hydrogen) atoms. The number of amides is 1. The van der Waals surface area contributed by atoms with E-state index in [0.717, 1.165) is 0 Å². The quantitative estimate of drug-likeness (QED) is 0.747. The maximum atomic E-state index is 11.9. The van der Waals surface area contributed by atoms with E-state index in [0.29, 0.717) is 10.6 Å². The van der Waals surface area contributed by atoms with E-state index in [9.17, 15) is 14.7 Å². The molecule has 1 aromatic carbocycles. The Bertz CT molecular complexity index is 651. The maximum absolute atomic E-state index is 11.9. The van der Waals surface area contributed by atoms with Gasteiger partial charge >= 0.3 is 5.97 Å². The minimum absolute atomic E-state index is 0.0534. The van der Waals surface area contributed by atoms with Crippen LogP contribution in [0.1, 0.15) is 25.7 Å².